The van der Waals surface area contributed by atoms with Crippen LogP contribution in [-0.2, 0) is 11.2 Å². The number of rotatable bonds is 4. The van der Waals surface area contributed by atoms with E-state index >= 15 is 0 Å². The van der Waals surface area contributed by atoms with Gasteiger partial charge >= 0.3 is 0 Å². The molecule has 3 unspecified atom stereocenters. The molecule has 2 aliphatic rings. The van der Waals surface area contributed by atoms with Crippen LogP contribution in [0.4, 0.5) is 0 Å². The van der Waals surface area contributed by atoms with E-state index in [2.05, 4.69) is 34.0 Å². The van der Waals surface area contributed by atoms with E-state index in [1.807, 2.05) is 0 Å². The van der Waals surface area contributed by atoms with Gasteiger partial charge in [-0.3, -0.25) is 0 Å². The summed E-state index contributed by atoms with van der Waals surface area (Å²) >= 11 is 0. The van der Waals surface area contributed by atoms with Gasteiger partial charge in [-0.25, -0.2) is 0 Å². The van der Waals surface area contributed by atoms with E-state index in [4.69, 9.17) is 15.0 Å². The average Bonchev–Trinajstić information content (AvgIpc) is 3.11. The Bertz CT molecular complexity index is 466. The third-order valence-electron chi connectivity index (χ3n) is 4.53. The summed E-state index contributed by atoms with van der Waals surface area (Å²) in [5, 5.41) is 4.12. The van der Waals surface area contributed by atoms with Gasteiger partial charge in [-0.05, 0) is 26.9 Å². The van der Waals surface area contributed by atoms with Crippen molar-refractivity contribution in [3.63, 3.8) is 0 Å². The second kappa shape index (κ2) is 6.39. The molecule has 0 amide bonds. The standard InChI is InChI=1S/C14H25N5O2/c1-18-5-6-19(2)10(9-18)7-13-16-14(21-17-13)12-4-3-11(8-15)20-12/h10-12H,3-9,15H2,1-2H3. The van der Waals surface area contributed by atoms with Gasteiger partial charge in [-0.15, -0.1) is 0 Å². The lowest BCUT2D eigenvalue weighted by Crippen LogP contribution is -2.50. The number of hydrogen-bond acceptors (Lipinski definition) is 7. The predicted molar refractivity (Wildman–Crippen MR) is 77.8 cm³/mol. The number of nitrogens with zero attached hydrogens (tertiary/aromatic N) is 4. The first-order chi connectivity index (χ1) is 10.2. The number of ether oxygens (including phenoxy) is 1. The zero-order chi connectivity index (χ0) is 14.8. The van der Waals surface area contributed by atoms with Gasteiger partial charge in [0.25, 0.3) is 5.89 Å². The van der Waals surface area contributed by atoms with Crippen molar-refractivity contribution >= 4 is 0 Å². The molecular formula is C14H25N5O2. The van der Waals surface area contributed by atoms with Crippen LogP contribution in [0.15, 0.2) is 4.52 Å². The summed E-state index contributed by atoms with van der Waals surface area (Å²) in [6, 6.07) is 0.440. The normalized spacial score (nSPS) is 31.9. The molecule has 0 bridgehead atoms. The van der Waals surface area contributed by atoms with Crippen LogP contribution in [0, 0.1) is 0 Å². The molecule has 7 nitrogen and oxygen atoms in total. The van der Waals surface area contributed by atoms with Gasteiger partial charge in [-0.1, -0.05) is 5.16 Å². The molecule has 1 aromatic rings. The smallest absolute Gasteiger partial charge is 0.255 e. The summed E-state index contributed by atoms with van der Waals surface area (Å²) in [5.41, 5.74) is 5.63. The van der Waals surface area contributed by atoms with E-state index in [1.54, 1.807) is 0 Å². The molecule has 2 saturated heterocycles. The van der Waals surface area contributed by atoms with Crippen LogP contribution in [0.2, 0.25) is 0 Å². The fourth-order valence-electron chi connectivity index (χ4n) is 3.07. The minimum Gasteiger partial charge on any atom is -0.364 e. The lowest BCUT2D eigenvalue weighted by atomic mass is 10.1. The highest BCUT2D eigenvalue weighted by atomic mass is 16.5. The van der Waals surface area contributed by atoms with Crippen molar-refractivity contribution in [3.8, 4) is 0 Å². The maximum Gasteiger partial charge on any atom is 0.255 e. The van der Waals surface area contributed by atoms with Gasteiger partial charge in [0.2, 0.25) is 0 Å². The fraction of sp³-hybridized carbons (Fsp3) is 0.857. The largest absolute Gasteiger partial charge is 0.364 e. The number of likely N-dealkylation sites (N-methyl/N-ethyl adjacent to an activating group) is 2. The Morgan fingerprint density at radius 1 is 1.29 bits per heavy atom. The topological polar surface area (TPSA) is 80.7 Å². The van der Waals surface area contributed by atoms with Crippen LogP contribution < -0.4 is 5.73 Å². The van der Waals surface area contributed by atoms with Gasteiger partial charge < -0.3 is 24.8 Å². The molecule has 0 aromatic carbocycles. The Hall–Kier alpha value is -1.02. The van der Waals surface area contributed by atoms with Crippen LogP contribution in [0.25, 0.3) is 0 Å². The van der Waals surface area contributed by atoms with E-state index in [0.29, 0.717) is 18.5 Å². The Balaban J connectivity index is 1.60. The van der Waals surface area contributed by atoms with Gasteiger partial charge in [0.1, 0.15) is 6.10 Å². The molecule has 2 N–H and O–H groups in total. The summed E-state index contributed by atoms with van der Waals surface area (Å²) in [7, 11) is 4.31. The number of nitrogens with two attached hydrogens (primary N) is 1. The molecule has 3 heterocycles. The van der Waals surface area contributed by atoms with Crippen LogP contribution in [-0.4, -0.2) is 72.4 Å². The van der Waals surface area contributed by atoms with Gasteiger partial charge in [-0.2, -0.15) is 4.98 Å². The molecule has 7 heteroatoms. The highest BCUT2D eigenvalue weighted by molar-refractivity contribution is 4.96. The van der Waals surface area contributed by atoms with Gasteiger partial charge in [0, 0.05) is 38.6 Å². The van der Waals surface area contributed by atoms with Crippen LogP contribution in [0.5, 0.6) is 0 Å². The third kappa shape index (κ3) is 3.42. The molecule has 0 radical (unpaired) electrons. The van der Waals surface area contributed by atoms with Crippen molar-refractivity contribution in [2.75, 3.05) is 40.3 Å². The Morgan fingerprint density at radius 3 is 2.90 bits per heavy atom. The molecule has 2 fully saturated rings. The minimum atomic E-state index is -0.0773. The van der Waals surface area contributed by atoms with Crippen molar-refractivity contribution in [1.82, 2.24) is 19.9 Å². The molecule has 0 saturated carbocycles. The summed E-state index contributed by atoms with van der Waals surface area (Å²) in [6.07, 6.45) is 2.75. The lowest BCUT2D eigenvalue weighted by Gasteiger charge is -2.37. The zero-order valence-electron chi connectivity index (χ0n) is 12.9. The van der Waals surface area contributed by atoms with Crippen molar-refractivity contribution in [2.24, 2.45) is 5.73 Å². The predicted octanol–water partition coefficient (Wildman–Crippen LogP) is 0.0367. The second-order valence-electron chi connectivity index (χ2n) is 6.21. The SMILES string of the molecule is CN1CCN(C)C(Cc2noc(C3CCC(CN)O3)n2)C1. The van der Waals surface area contributed by atoms with Crippen molar-refractivity contribution < 1.29 is 9.26 Å². The molecular weight excluding hydrogens is 270 g/mol. The maximum absolute atomic E-state index is 5.80. The van der Waals surface area contributed by atoms with Crippen LogP contribution >= 0.6 is 0 Å². The van der Waals surface area contributed by atoms with E-state index in [9.17, 15) is 0 Å². The molecule has 2 aliphatic heterocycles. The lowest BCUT2D eigenvalue weighted by molar-refractivity contribution is 0.0307. The summed E-state index contributed by atoms with van der Waals surface area (Å²) in [6.45, 7) is 3.78. The van der Waals surface area contributed by atoms with Crippen molar-refractivity contribution in [3.05, 3.63) is 11.7 Å². The average molecular weight is 295 g/mol. The van der Waals surface area contributed by atoms with Crippen LogP contribution in [0.3, 0.4) is 0 Å². The summed E-state index contributed by atoms with van der Waals surface area (Å²) < 4.78 is 11.2. The fourth-order valence-corrected chi connectivity index (χ4v) is 3.07. The van der Waals surface area contributed by atoms with E-state index in [1.165, 1.54) is 0 Å². The van der Waals surface area contributed by atoms with Crippen LogP contribution in [0.1, 0.15) is 30.7 Å². The molecule has 118 valence electrons. The minimum absolute atomic E-state index is 0.0773. The quantitative estimate of drug-likeness (QED) is 0.839. The molecule has 3 rings (SSSR count). The Labute approximate surface area is 125 Å². The molecule has 3 atom stereocenters. The first-order valence-corrected chi connectivity index (χ1v) is 7.72. The highest BCUT2D eigenvalue weighted by Crippen LogP contribution is 2.31. The Kier molecular flexibility index (Phi) is 4.54. The first-order valence-electron chi connectivity index (χ1n) is 7.72. The monoisotopic (exact) mass is 295 g/mol. The number of aromatic nitrogens is 2. The zero-order valence-corrected chi connectivity index (χ0v) is 12.9. The van der Waals surface area contributed by atoms with E-state index < -0.39 is 0 Å². The van der Waals surface area contributed by atoms with Crippen molar-refractivity contribution in [1.29, 1.82) is 0 Å². The Morgan fingerprint density at radius 2 is 2.14 bits per heavy atom. The number of hydrogen-bond donors (Lipinski definition) is 1. The summed E-state index contributed by atoms with van der Waals surface area (Å²) in [4.78, 5) is 9.24. The molecule has 0 aliphatic carbocycles. The van der Waals surface area contributed by atoms with Gasteiger partial charge in [0.15, 0.2) is 5.82 Å². The van der Waals surface area contributed by atoms with E-state index in [-0.39, 0.29) is 12.2 Å². The highest BCUT2D eigenvalue weighted by Gasteiger charge is 2.31. The molecule has 0 spiro atoms. The molecule has 1 aromatic heterocycles. The van der Waals surface area contributed by atoms with E-state index in [0.717, 1.165) is 44.7 Å². The van der Waals surface area contributed by atoms with Crippen molar-refractivity contribution in [2.45, 2.75) is 37.5 Å². The second-order valence-corrected chi connectivity index (χ2v) is 6.21. The van der Waals surface area contributed by atoms with Gasteiger partial charge in [0.05, 0.1) is 6.10 Å². The number of piperazine rings is 1. The maximum atomic E-state index is 5.80. The first kappa shape index (κ1) is 14.9. The molecule has 21 heavy (non-hydrogen) atoms. The third-order valence-corrected chi connectivity index (χ3v) is 4.53. The summed E-state index contributed by atoms with van der Waals surface area (Å²) in [5.74, 6) is 1.38.